The van der Waals surface area contributed by atoms with Crippen LogP contribution in [-0.4, -0.2) is 16.0 Å². The standard InChI is InChI=1S/C12H8BrClN2O2/c13-11-10(2-1-5-15-11)16-12(18)8-6-7(17)3-4-9(8)14/h1-6,17H,(H,16,18). The largest absolute Gasteiger partial charge is 0.508 e. The van der Waals surface area contributed by atoms with Crippen LogP contribution < -0.4 is 5.32 Å². The summed E-state index contributed by atoms with van der Waals surface area (Å²) in [6, 6.07) is 7.58. The molecule has 18 heavy (non-hydrogen) atoms. The van der Waals surface area contributed by atoms with Crippen molar-refractivity contribution in [1.29, 1.82) is 0 Å². The van der Waals surface area contributed by atoms with E-state index in [4.69, 9.17) is 11.6 Å². The Morgan fingerprint density at radius 1 is 1.39 bits per heavy atom. The molecule has 0 saturated heterocycles. The van der Waals surface area contributed by atoms with Crippen molar-refractivity contribution >= 4 is 39.1 Å². The number of aromatic nitrogens is 1. The number of anilines is 1. The number of pyridine rings is 1. The molecule has 0 unspecified atom stereocenters. The van der Waals surface area contributed by atoms with Gasteiger partial charge in [0.15, 0.2) is 0 Å². The second kappa shape index (κ2) is 5.37. The first-order chi connectivity index (χ1) is 8.58. The van der Waals surface area contributed by atoms with E-state index in [9.17, 15) is 9.90 Å². The minimum atomic E-state index is -0.412. The van der Waals surface area contributed by atoms with Gasteiger partial charge in [-0.3, -0.25) is 4.79 Å². The summed E-state index contributed by atoms with van der Waals surface area (Å²) in [6.45, 7) is 0. The number of aromatic hydroxyl groups is 1. The highest BCUT2D eigenvalue weighted by Crippen LogP contribution is 2.24. The minimum absolute atomic E-state index is 0.0187. The van der Waals surface area contributed by atoms with Gasteiger partial charge in [-0.25, -0.2) is 4.98 Å². The zero-order valence-electron chi connectivity index (χ0n) is 9.02. The number of carbonyl (C=O) groups excluding carboxylic acids is 1. The predicted molar refractivity (Wildman–Crippen MR) is 73.0 cm³/mol. The number of phenolic OH excluding ortho intramolecular Hbond substituents is 1. The van der Waals surface area contributed by atoms with Crippen molar-refractivity contribution in [2.45, 2.75) is 0 Å². The van der Waals surface area contributed by atoms with Gasteiger partial charge in [0.2, 0.25) is 0 Å². The maximum atomic E-state index is 12.0. The summed E-state index contributed by atoms with van der Waals surface area (Å²) in [5, 5.41) is 12.3. The fourth-order valence-electron chi connectivity index (χ4n) is 1.36. The lowest BCUT2D eigenvalue weighted by molar-refractivity contribution is 0.102. The zero-order chi connectivity index (χ0) is 13.1. The Morgan fingerprint density at radius 2 is 2.17 bits per heavy atom. The Kier molecular flexibility index (Phi) is 3.84. The first-order valence-electron chi connectivity index (χ1n) is 4.98. The van der Waals surface area contributed by atoms with Gasteiger partial charge in [-0.15, -0.1) is 0 Å². The average Bonchev–Trinajstić information content (AvgIpc) is 2.35. The molecule has 2 rings (SSSR count). The van der Waals surface area contributed by atoms with E-state index in [0.29, 0.717) is 10.3 Å². The van der Waals surface area contributed by atoms with Crippen LogP contribution in [0.2, 0.25) is 5.02 Å². The molecule has 0 spiro atoms. The van der Waals surface area contributed by atoms with E-state index in [-0.39, 0.29) is 16.3 Å². The van der Waals surface area contributed by atoms with Crippen molar-refractivity contribution in [3.8, 4) is 5.75 Å². The molecule has 0 aliphatic carbocycles. The van der Waals surface area contributed by atoms with Gasteiger partial charge in [-0.2, -0.15) is 0 Å². The van der Waals surface area contributed by atoms with Crippen molar-refractivity contribution in [2.24, 2.45) is 0 Å². The third kappa shape index (κ3) is 2.80. The summed E-state index contributed by atoms with van der Waals surface area (Å²) in [7, 11) is 0. The maximum Gasteiger partial charge on any atom is 0.257 e. The van der Waals surface area contributed by atoms with Crippen LogP contribution in [0.15, 0.2) is 41.1 Å². The van der Waals surface area contributed by atoms with Gasteiger partial charge in [0.25, 0.3) is 5.91 Å². The summed E-state index contributed by atoms with van der Waals surface area (Å²) < 4.78 is 0.523. The highest BCUT2D eigenvalue weighted by molar-refractivity contribution is 9.10. The van der Waals surface area contributed by atoms with Crippen molar-refractivity contribution in [3.63, 3.8) is 0 Å². The number of hydrogen-bond donors (Lipinski definition) is 2. The first kappa shape index (κ1) is 12.9. The molecule has 1 aromatic heterocycles. The number of rotatable bonds is 2. The van der Waals surface area contributed by atoms with Gasteiger partial charge >= 0.3 is 0 Å². The molecule has 2 N–H and O–H groups in total. The Labute approximate surface area is 117 Å². The quantitative estimate of drug-likeness (QED) is 0.830. The molecule has 92 valence electrons. The van der Waals surface area contributed by atoms with E-state index in [2.05, 4.69) is 26.2 Å². The number of hydrogen-bond acceptors (Lipinski definition) is 3. The van der Waals surface area contributed by atoms with Gasteiger partial charge in [-0.05, 0) is 46.3 Å². The number of amides is 1. The number of carbonyl (C=O) groups is 1. The molecule has 1 amide bonds. The average molecular weight is 328 g/mol. The van der Waals surface area contributed by atoms with Gasteiger partial charge < -0.3 is 10.4 Å². The van der Waals surface area contributed by atoms with Crippen molar-refractivity contribution in [1.82, 2.24) is 4.98 Å². The molecule has 0 bridgehead atoms. The molecule has 6 heteroatoms. The third-order valence-corrected chi connectivity index (χ3v) is 3.16. The van der Waals surface area contributed by atoms with Crippen molar-refractivity contribution < 1.29 is 9.90 Å². The number of benzene rings is 1. The van der Waals surface area contributed by atoms with Crippen LogP contribution >= 0.6 is 27.5 Å². The lowest BCUT2D eigenvalue weighted by atomic mass is 10.2. The summed E-state index contributed by atoms with van der Waals surface area (Å²) >= 11 is 9.12. The molecule has 2 aromatic rings. The normalized spacial score (nSPS) is 10.1. The lowest BCUT2D eigenvalue weighted by Gasteiger charge is -2.08. The molecule has 0 aliphatic rings. The smallest absolute Gasteiger partial charge is 0.257 e. The van der Waals surface area contributed by atoms with E-state index in [1.54, 1.807) is 18.3 Å². The van der Waals surface area contributed by atoms with Gasteiger partial charge in [0.1, 0.15) is 10.4 Å². The van der Waals surface area contributed by atoms with Crippen LogP contribution in [0.5, 0.6) is 5.75 Å². The summed E-state index contributed by atoms with van der Waals surface area (Å²) in [5.41, 5.74) is 0.731. The van der Waals surface area contributed by atoms with Crippen LogP contribution in [0.4, 0.5) is 5.69 Å². The number of halogens is 2. The van der Waals surface area contributed by atoms with Gasteiger partial charge in [0.05, 0.1) is 16.3 Å². The van der Waals surface area contributed by atoms with Gasteiger partial charge in [-0.1, -0.05) is 11.6 Å². The van der Waals surface area contributed by atoms with Crippen LogP contribution in [0.1, 0.15) is 10.4 Å². The van der Waals surface area contributed by atoms with E-state index in [1.807, 2.05) is 0 Å². The fraction of sp³-hybridized carbons (Fsp3) is 0. The van der Waals surface area contributed by atoms with Crippen molar-refractivity contribution in [3.05, 3.63) is 51.7 Å². The van der Waals surface area contributed by atoms with Crippen LogP contribution in [0.25, 0.3) is 0 Å². The number of phenols is 1. The molecule has 0 atom stereocenters. The Hall–Kier alpha value is -1.59. The highest BCUT2D eigenvalue weighted by Gasteiger charge is 2.12. The van der Waals surface area contributed by atoms with Crippen LogP contribution in [0.3, 0.4) is 0 Å². The minimum Gasteiger partial charge on any atom is -0.508 e. The molecular formula is C12H8BrClN2O2. The first-order valence-corrected chi connectivity index (χ1v) is 6.15. The second-order valence-electron chi connectivity index (χ2n) is 3.46. The third-order valence-electron chi connectivity index (χ3n) is 2.20. The maximum absolute atomic E-state index is 12.0. The summed E-state index contributed by atoms with van der Waals surface area (Å²) in [4.78, 5) is 16.0. The Morgan fingerprint density at radius 3 is 2.89 bits per heavy atom. The lowest BCUT2D eigenvalue weighted by Crippen LogP contribution is -2.13. The number of nitrogens with one attached hydrogen (secondary N) is 1. The van der Waals surface area contributed by atoms with Crippen LogP contribution in [-0.2, 0) is 0 Å². The molecule has 0 aliphatic heterocycles. The van der Waals surface area contributed by atoms with E-state index >= 15 is 0 Å². The molecule has 0 fully saturated rings. The monoisotopic (exact) mass is 326 g/mol. The molecular weight excluding hydrogens is 320 g/mol. The molecule has 1 aromatic carbocycles. The van der Waals surface area contributed by atoms with E-state index in [0.717, 1.165) is 0 Å². The van der Waals surface area contributed by atoms with Crippen molar-refractivity contribution in [2.75, 3.05) is 5.32 Å². The second-order valence-corrected chi connectivity index (χ2v) is 4.62. The van der Waals surface area contributed by atoms with Crippen LogP contribution in [0, 0.1) is 0 Å². The highest BCUT2D eigenvalue weighted by atomic mass is 79.9. The molecule has 4 nitrogen and oxygen atoms in total. The number of nitrogens with zero attached hydrogens (tertiary/aromatic N) is 1. The van der Waals surface area contributed by atoms with Gasteiger partial charge in [0, 0.05) is 6.20 Å². The Balaban J connectivity index is 2.28. The predicted octanol–water partition coefficient (Wildman–Crippen LogP) is 3.46. The molecule has 0 saturated carbocycles. The fourth-order valence-corrected chi connectivity index (χ4v) is 1.91. The van der Waals surface area contributed by atoms with E-state index < -0.39 is 5.91 Å². The zero-order valence-corrected chi connectivity index (χ0v) is 11.4. The molecule has 1 heterocycles. The summed E-state index contributed by atoms with van der Waals surface area (Å²) in [6.07, 6.45) is 1.60. The Bertz CT molecular complexity index is 604. The topological polar surface area (TPSA) is 62.2 Å². The summed E-state index contributed by atoms with van der Waals surface area (Å²) in [5.74, 6) is -0.431. The van der Waals surface area contributed by atoms with E-state index in [1.165, 1.54) is 18.2 Å². The SMILES string of the molecule is O=C(Nc1cccnc1Br)c1cc(O)ccc1Cl. The molecule has 0 radical (unpaired) electrons.